The third-order valence-corrected chi connectivity index (χ3v) is 20.7. The topological polar surface area (TPSA) is 0 Å². The molecule has 6 rings (SSSR count). The van der Waals surface area contributed by atoms with Gasteiger partial charge in [-0.25, -0.2) is 0 Å². The summed E-state index contributed by atoms with van der Waals surface area (Å²) >= 11 is 2.52. The molecule has 5 fully saturated rings. The van der Waals surface area contributed by atoms with Crippen molar-refractivity contribution in [2.24, 2.45) is 59.2 Å². The monoisotopic (exact) mass is 552 g/mol. The van der Waals surface area contributed by atoms with Crippen LogP contribution in [-0.2, 0) is 0 Å². The van der Waals surface area contributed by atoms with Gasteiger partial charge in [0.25, 0.3) is 0 Å². The van der Waals surface area contributed by atoms with Crippen LogP contribution < -0.4 is 0 Å². The molecule has 0 spiro atoms. The Labute approximate surface area is 242 Å². The van der Waals surface area contributed by atoms with Gasteiger partial charge >= 0.3 is 0 Å². The second-order valence-electron chi connectivity index (χ2n) is 16.2. The summed E-state index contributed by atoms with van der Waals surface area (Å²) in [5, 5.41) is 1.87. The van der Waals surface area contributed by atoms with Crippen molar-refractivity contribution in [3.8, 4) is 0 Å². The number of rotatable bonds is 5. The van der Waals surface area contributed by atoms with E-state index in [1.54, 1.807) is 19.3 Å². The summed E-state index contributed by atoms with van der Waals surface area (Å²) in [6.07, 6.45) is 28.5. The molecule has 1 saturated heterocycles. The Hall–Kier alpha value is 0.0469. The first-order chi connectivity index (χ1) is 18.3. The molecule has 2 heteroatoms. The molecule has 4 saturated carbocycles. The Morgan fingerprint density at radius 3 is 1.95 bits per heavy atom. The fourth-order valence-electron chi connectivity index (χ4n) is 12.3. The van der Waals surface area contributed by atoms with Gasteiger partial charge in [-0.05, 0) is 95.9 Å². The van der Waals surface area contributed by atoms with Crippen molar-refractivity contribution in [3.63, 3.8) is 0 Å². The summed E-state index contributed by atoms with van der Waals surface area (Å²) in [7, 11) is -1.53. The molecular formula is C36H60SSi. The minimum atomic E-state index is -1.53. The van der Waals surface area contributed by atoms with Crippen LogP contribution in [0.2, 0.25) is 24.2 Å². The Morgan fingerprint density at radius 1 is 0.711 bits per heavy atom. The fourth-order valence-corrected chi connectivity index (χ4v) is 21.7. The molecular weight excluding hydrogens is 493 g/mol. The van der Waals surface area contributed by atoms with E-state index in [1.807, 2.05) is 0 Å². The highest BCUT2D eigenvalue weighted by Crippen LogP contribution is 2.68. The molecule has 38 heavy (non-hydrogen) atoms. The molecule has 0 aromatic rings. The Balaban J connectivity index is 1.29. The molecule has 1 aliphatic heterocycles. The van der Waals surface area contributed by atoms with E-state index in [0.29, 0.717) is 0 Å². The van der Waals surface area contributed by atoms with Crippen LogP contribution in [0.4, 0.5) is 0 Å². The lowest BCUT2D eigenvalue weighted by Gasteiger charge is -2.47. The number of hydrogen-bond acceptors (Lipinski definition) is 1. The van der Waals surface area contributed by atoms with E-state index in [4.69, 9.17) is 0 Å². The zero-order valence-corrected chi connectivity index (χ0v) is 27.6. The smallest absolute Gasteiger partial charge is 0.0558 e. The first-order valence-corrected chi connectivity index (χ1v) is 21.4. The van der Waals surface area contributed by atoms with Crippen molar-refractivity contribution in [2.75, 3.05) is 0 Å². The van der Waals surface area contributed by atoms with Crippen molar-refractivity contribution < 1.29 is 0 Å². The van der Waals surface area contributed by atoms with Gasteiger partial charge in [0.1, 0.15) is 0 Å². The maximum absolute atomic E-state index is 2.92. The molecule has 0 aromatic carbocycles. The summed E-state index contributed by atoms with van der Waals surface area (Å²) < 4.78 is 0. The van der Waals surface area contributed by atoms with Gasteiger partial charge < -0.3 is 0 Å². The zero-order valence-electron chi connectivity index (χ0n) is 25.8. The van der Waals surface area contributed by atoms with Crippen LogP contribution in [0.25, 0.3) is 0 Å². The van der Waals surface area contributed by atoms with Crippen LogP contribution in [-0.4, -0.2) is 18.6 Å². The third kappa shape index (κ3) is 4.90. The van der Waals surface area contributed by atoms with Crippen LogP contribution in [0.1, 0.15) is 105 Å². The Bertz CT molecular complexity index is 861. The van der Waals surface area contributed by atoms with Gasteiger partial charge in [0, 0.05) is 10.5 Å². The van der Waals surface area contributed by atoms with Crippen LogP contribution in [0, 0.1) is 59.2 Å². The Kier molecular flexibility index (Phi) is 8.44. The van der Waals surface area contributed by atoms with E-state index in [0.717, 1.165) is 80.8 Å². The highest BCUT2D eigenvalue weighted by Gasteiger charge is 2.63. The molecule has 0 nitrogen and oxygen atoms in total. The van der Waals surface area contributed by atoms with E-state index in [9.17, 15) is 0 Å². The van der Waals surface area contributed by atoms with Gasteiger partial charge in [0.05, 0.1) is 8.07 Å². The number of hydrogen-bond donors (Lipinski definition) is 0. The van der Waals surface area contributed by atoms with E-state index >= 15 is 0 Å². The molecule has 11 atom stereocenters. The second-order valence-corrected chi connectivity index (χ2v) is 22.7. The normalized spacial score (nSPS) is 46.4. The largest absolute Gasteiger partial charge is 0.155 e. The molecule has 0 aromatic heterocycles. The third-order valence-electron chi connectivity index (χ3n) is 13.6. The van der Waals surface area contributed by atoms with Crippen molar-refractivity contribution >= 4 is 19.8 Å². The summed E-state index contributed by atoms with van der Waals surface area (Å²) in [5.74, 6) is 9.41. The fraction of sp³-hybridized carbons (Fsp3) is 0.889. The highest BCUT2D eigenvalue weighted by molar-refractivity contribution is 8.00. The molecule has 0 N–H and O–H groups in total. The first-order valence-electron chi connectivity index (χ1n) is 17.3. The van der Waals surface area contributed by atoms with Crippen LogP contribution >= 0.6 is 11.8 Å². The minimum Gasteiger partial charge on any atom is -0.155 e. The van der Waals surface area contributed by atoms with Gasteiger partial charge in [-0.3, -0.25) is 0 Å². The van der Waals surface area contributed by atoms with Gasteiger partial charge in [-0.2, -0.15) is 11.8 Å². The lowest BCUT2D eigenvalue weighted by molar-refractivity contribution is 0.185. The van der Waals surface area contributed by atoms with E-state index in [2.05, 4.69) is 76.9 Å². The number of fused-ring (bicyclic) bond motifs is 2. The van der Waals surface area contributed by atoms with E-state index in [-0.39, 0.29) is 0 Å². The molecule has 6 aliphatic rings. The lowest BCUT2D eigenvalue weighted by atomic mass is 9.71. The standard InChI is InChI=1S/C36H60SSi/c1-23(2)30-22-32-33(27-17-11-8-12-18-27)25(4)37-34(32)36(30)38(5,6)35-24(3)21-31-28(19-13-14-20-29(31)35)26-15-9-7-10-16-26/h13-14,19-20,23-36H,7-12,15-18,21-22H2,1-6H3. The quantitative estimate of drug-likeness (QED) is 0.306. The van der Waals surface area contributed by atoms with Crippen LogP contribution in [0.3, 0.4) is 0 Å². The van der Waals surface area contributed by atoms with Crippen LogP contribution in [0.5, 0.6) is 0 Å². The average Bonchev–Trinajstić information content (AvgIpc) is 3.49. The molecule has 5 aliphatic carbocycles. The summed E-state index contributed by atoms with van der Waals surface area (Å²) in [5.41, 5.74) is 2.00. The summed E-state index contributed by atoms with van der Waals surface area (Å²) in [6, 6.07) is 0. The highest BCUT2D eigenvalue weighted by atomic mass is 32.2. The Morgan fingerprint density at radius 2 is 1.32 bits per heavy atom. The van der Waals surface area contributed by atoms with Crippen molar-refractivity contribution in [2.45, 2.75) is 139 Å². The molecule has 0 bridgehead atoms. The van der Waals surface area contributed by atoms with Gasteiger partial charge in [-0.15, -0.1) is 0 Å². The second kappa shape index (κ2) is 11.4. The molecule has 0 amide bonds. The van der Waals surface area contributed by atoms with Gasteiger partial charge in [-0.1, -0.05) is 116 Å². The van der Waals surface area contributed by atoms with Crippen molar-refractivity contribution in [1.82, 2.24) is 0 Å². The number of thioether (sulfide) groups is 1. The van der Waals surface area contributed by atoms with Crippen molar-refractivity contribution in [3.05, 3.63) is 24.3 Å². The molecule has 214 valence electrons. The average molecular weight is 553 g/mol. The minimum absolute atomic E-state index is 0.846. The predicted octanol–water partition coefficient (Wildman–Crippen LogP) is 11.0. The zero-order chi connectivity index (χ0) is 26.6. The summed E-state index contributed by atoms with van der Waals surface area (Å²) in [6.45, 7) is 16.4. The van der Waals surface area contributed by atoms with Gasteiger partial charge in [0.15, 0.2) is 0 Å². The summed E-state index contributed by atoms with van der Waals surface area (Å²) in [4.78, 5) is 0. The molecule has 0 radical (unpaired) electrons. The maximum atomic E-state index is 2.92. The predicted molar refractivity (Wildman–Crippen MR) is 171 cm³/mol. The molecule has 11 unspecified atom stereocenters. The van der Waals surface area contributed by atoms with Crippen LogP contribution in [0.15, 0.2) is 24.3 Å². The lowest BCUT2D eigenvalue weighted by Crippen LogP contribution is -2.47. The van der Waals surface area contributed by atoms with Gasteiger partial charge in [0.2, 0.25) is 0 Å². The SMILES string of the molecule is CC(C)C1CC2C(SC(C)C2C2CCCCC2)C1[Si](C)(C)C1C(C)CC2C(C3CCCCC3)C=CC=CC21. The van der Waals surface area contributed by atoms with E-state index in [1.165, 1.54) is 57.8 Å². The van der Waals surface area contributed by atoms with Crippen molar-refractivity contribution in [1.29, 1.82) is 0 Å². The number of allylic oxidation sites excluding steroid dienone is 4. The maximum Gasteiger partial charge on any atom is 0.0558 e. The first kappa shape index (κ1) is 28.2. The van der Waals surface area contributed by atoms with E-state index < -0.39 is 8.07 Å². The molecule has 1 heterocycles.